The van der Waals surface area contributed by atoms with Crippen LogP contribution in [0.2, 0.25) is 0 Å². The van der Waals surface area contributed by atoms with Crippen molar-refractivity contribution < 1.29 is 18.7 Å². The van der Waals surface area contributed by atoms with E-state index in [4.69, 9.17) is 9.47 Å². The summed E-state index contributed by atoms with van der Waals surface area (Å²) in [6.45, 7) is -0.214. The fourth-order valence-electron chi connectivity index (χ4n) is 1.36. The number of hydrogen-bond acceptors (Lipinski definition) is 3. The van der Waals surface area contributed by atoms with Crippen molar-refractivity contribution >= 4 is 21.9 Å². The molecule has 0 heterocycles. The van der Waals surface area contributed by atoms with Gasteiger partial charge in [-0.25, -0.2) is 9.18 Å². The van der Waals surface area contributed by atoms with Crippen LogP contribution in [0.1, 0.15) is 0 Å². The summed E-state index contributed by atoms with van der Waals surface area (Å²) in [5.41, 5.74) is 0. The first kappa shape index (κ1) is 13.5. The number of esters is 1. The van der Waals surface area contributed by atoms with E-state index in [2.05, 4.69) is 15.9 Å². The normalized spacial score (nSPS) is 10.0. The Bertz CT molecular complexity index is 569. The van der Waals surface area contributed by atoms with Gasteiger partial charge in [-0.05, 0) is 42.5 Å². The molecule has 2 rings (SSSR count). The van der Waals surface area contributed by atoms with E-state index in [1.165, 1.54) is 24.3 Å². The second-order valence-corrected chi connectivity index (χ2v) is 4.59. The first-order valence-electron chi connectivity index (χ1n) is 5.48. The molecule has 0 amide bonds. The third-order valence-electron chi connectivity index (χ3n) is 2.20. The lowest BCUT2D eigenvalue weighted by molar-refractivity contribution is -0.136. The van der Waals surface area contributed by atoms with Crippen LogP contribution < -0.4 is 9.47 Å². The second kappa shape index (κ2) is 6.33. The predicted molar refractivity (Wildman–Crippen MR) is 71.7 cm³/mol. The molecule has 0 atom stereocenters. The molecule has 0 N–H and O–H groups in total. The van der Waals surface area contributed by atoms with Gasteiger partial charge in [0, 0.05) is 4.47 Å². The Balaban J connectivity index is 1.86. The van der Waals surface area contributed by atoms with Crippen LogP contribution in [0, 0.1) is 5.82 Å². The van der Waals surface area contributed by atoms with E-state index in [0.717, 1.165) is 4.47 Å². The van der Waals surface area contributed by atoms with Gasteiger partial charge in [-0.3, -0.25) is 0 Å². The molecule has 2 aromatic rings. The van der Waals surface area contributed by atoms with Gasteiger partial charge in [0.25, 0.3) is 0 Å². The van der Waals surface area contributed by atoms with Gasteiger partial charge in [0.15, 0.2) is 6.61 Å². The molecule has 2 aromatic carbocycles. The lowest BCUT2D eigenvalue weighted by atomic mass is 10.3. The summed E-state index contributed by atoms with van der Waals surface area (Å²) in [6.07, 6.45) is 0. The highest BCUT2D eigenvalue weighted by Crippen LogP contribution is 2.18. The molecule has 19 heavy (non-hydrogen) atoms. The van der Waals surface area contributed by atoms with Gasteiger partial charge in [0.05, 0.1) is 0 Å². The van der Waals surface area contributed by atoms with Crippen molar-refractivity contribution in [1.29, 1.82) is 0 Å². The number of carbonyl (C=O) groups excluding carboxylic acids is 1. The quantitative estimate of drug-likeness (QED) is 0.637. The van der Waals surface area contributed by atoms with Crippen LogP contribution in [0.15, 0.2) is 53.0 Å². The Morgan fingerprint density at radius 3 is 2.53 bits per heavy atom. The molecular weight excluding hydrogens is 315 g/mol. The Hall–Kier alpha value is -1.88. The van der Waals surface area contributed by atoms with Crippen molar-refractivity contribution in [1.82, 2.24) is 0 Å². The van der Waals surface area contributed by atoms with E-state index >= 15 is 0 Å². The van der Waals surface area contributed by atoms with Crippen molar-refractivity contribution in [2.45, 2.75) is 0 Å². The summed E-state index contributed by atoms with van der Waals surface area (Å²) in [5, 5.41) is 0. The molecule has 0 aromatic heterocycles. The van der Waals surface area contributed by atoms with E-state index in [1.54, 1.807) is 18.2 Å². The standard InChI is InChI=1S/C14H10BrFO3/c15-10-2-1-3-13(8-10)18-9-14(17)19-12-6-4-11(16)5-7-12/h1-8H,9H2. The lowest BCUT2D eigenvalue weighted by Crippen LogP contribution is -2.17. The molecular formula is C14H10BrFO3. The van der Waals surface area contributed by atoms with Gasteiger partial charge in [-0.1, -0.05) is 22.0 Å². The highest BCUT2D eigenvalue weighted by Gasteiger charge is 2.06. The molecule has 0 fully saturated rings. The Kier molecular flexibility index (Phi) is 4.52. The van der Waals surface area contributed by atoms with Crippen molar-refractivity contribution in [3.63, 3.8) is 0 Å². The smallest absolute Gasteiger partial charge is 0.349 e. The summed E-state index contributed by atoms with van der Waals surface area (Å²) in [5.74, 6) is -0.0913. The molecule has 0 aliphatic heterocycles. The maximum absolute atomic E-state index is 12.7. The molecule has 5 heteroatoms. The lowest BCUT2D eigenvalue weighted by Gasteiger charge is -2.06. The minimum atomic E-state index is -0.549. The van der Waals surface area contributed by atoms with Crippen LogP contribution in [-0.4, -0.2) is 12.6 Å². The number of ether oxygens (including phenoxy) is 2. The van der Waals surface area contributed by atoms with Gasteiger partial charge < -0.3 is 9.47 Å². The van der Waals surface area contributed by atoms with Gasteiger partial charge in [-0.15, -0.1) is 0 Å². The Morgan fingerprint density at radius 1 is 1.11 bits per heavy atom. The van der Waals surface area contributed by atoms with Crippen LogP contribution in [0.4, 0.5) is 4.39 Å². The minimum Gasteiger partial charge on any atom is -0.482 e. The molecule has 3 nitrogen and oxygen atoms in total. The molecule has 0 saturated carbocycles. The summed E-state index contributed by atoms with van der Waals surface area (Å²) in [6, 6.07) is 12.3. The summed E-state index contributed by atoms with van der Waals surface area (Å²) >= 11 is 3.30. The van der Waals surface area contributed by atoms with Crippen molar-refractivity contribution in [3.8, 4) is 11.5 Å². The monoisotopic (exact) mass is 324 g/mol. The van der Waals surface area contributed by atoms with E-state index in [-0.39, 0.29) is 18.2 Å². The van der Waals surface area contributed by atoms with Gasteiger partial charge in [0.1, 0.15) is 17.3 Å². The zero-order valence-electron chi connectivity index (χ0n) is 9.81. The van der Waals surface area contributed by atoms with E-state index < -0.39 is 5.97 Å². The molecule has 98 valence electrons. The third kappa shape index (κ3) is 4.37. The molecule has 0 spiro atoms. The third-order valence-corrected chi connectivity index (χ3v) is 2.69. The predicted octanol–water partition coefficient (Wildman–Crippen LogP) is 3.57. The Morgan fingerprint density at radius 2 is 1.84 bits per heavy atom. The van der Waals surface area contributed by atoms with Gasteiger partial charge in [-0.2, -0.15) is 0 Å². The van der Waals surface area contributed by atoms with Crippen molar-refractivity contribution in [2.75, 3.05) is 6.61 Å². The molecule has 0 bridgehead atoms. The molecule has 0 aliphatic rings. The van der Waals surface area contributed by atoms with E-state index in [1.807, 2.05) is 6.07 Å². The maximum atomic E-state index is 12.7. The topological polar surface area (TPSA) is 35.5 Å². The zero-order chi connectivity index (χ0) is 13.7. The fourth-order valence-corrected chi connectivity index (χ4v) is 1.74. The zero-order valence-corrected chi connectivity index (χ0v) is 11.4. The summed E-state index contributed by atoms with van der Waals surface area (Å²) in [4.78, 5) is 11.5. The minimum absolute atomic E-state index is 0.214. The summed E-state index contributed by atoms with van der Waals surface area (Å²) < 4.78 is 23.8. The maximum Gasteiger partial charge on any atom is 0.349 e. The number of rotatable bonds is 4. The second-order valence-electron chi connectivity index (χ2n) is 3.67. The van der Waals surface area contributed by atoms with Crippen LogP contribution in [0.25, 0.3) is 0 Å². The molecule has 0 unspecified atom stereocenters. The van der Waals surface area contributed by atoms with E-state index in [0.29, 0.717) is 5.75 Å². The van der Waals surface area contributed by atoms with Crippen LogP contribution in [0.5, 0.6) is 11.5 Å². The van der Waals surface area contributed by atoms with Gasteiger partial charge >= 0.3 is 5.97 Å². The number of halogens is 2. The molecule has 0 radical (unpaired) electrons. The fraction of sp³-hybridized carbons (Fsp3) is 0.0714. The number of hydrogen-bond donors (Lipinski definition) is 0. The largest absolute Gasteiger partial charge is 0.482 e. The first-order chi connectivity index (χ1) is 9.13. The average Bonchev–Trinajstić information content (AvgIpc) is 2.39. The average molecular weight is 325 g/mol. The van der Waals surface area contributed by atoms with E-state index in [9.17, 15) is 9.18 Å². The summed E-state index contributed by atoms with van der Waals surface area (Å²) in [7, 11) is 0. The SMILES string of the molecule is O=C(COc1cccc(Br)c1)Oc1ccc(F)cc1. The molecule has 0 aliphatic carbocycles. The number of carbonyl (C=O) groups is 1. The Labute approximate surface area is 118 Å². The van der Waals surface area contributed by atoms with Gasteiger partial charge in [0.2, 0.25) is 0 Å². The van der Waals surface area contributed by atoms with Crippen LogP contribution >= 0.6 is 15.9 Å². The van der Waals surface area contributed by atoms with Crippen molar-refractivity contribution in [2.24, 2.45) is 0 Å². The van der Waals surface area contributed by atoms with Crippen molar-refractivity contribution in [3.05, 3.63) is 58.8 Å². The number of benzene rings is 2. The highest BCUT2D eigenvalue weighted by molar-refractivity contribution is 9.10. The van der Waals surface area contributed by atoms with Crippen LogP contribution in [-0.2, 0) is 4.79 Å². The highest BCUT2D eigenvalue weighted by atomic mass is 79.9. The first-order valence-corrected chi connectivity index (χ1v) is 6.27. The van der Waals surface area contributed by atoms with Crippen LogP contribution in [0.3, 0.4) is 0 Å². The molecule has 0 saturated heterocycles.